The van der Waals surface area contributed by atoms with Gasteiger partial charge in [-0.1, -0.05) is 90.5 Å². The lowest BCUT2D eigenvalue weighted by molar-refractivity contribution is -0.152. The van der Waals surface area contributed by atoms with Crippen LogP contribution in [0.1, 0.15) is 55.2 Å². The van der Waals surface area contributed by atoms with E-state index in [1.807, 2.05) is 37.3 Å². The van der Waals surface area contributed by atoms with Crippen molar-refractivity contribution in [3.63, 3.8) is 0 Å². The van der Waals surface area contributed by atoms with E-state index in [9.17, 15) is 9.59 Å². The molecule has 8 nitrogen and oxygen atoms in total. The lowest BCUT2D eigenvalue weighted by atomic mass is 9.80. The molecule has 0 spiro atoms. The summed E-state index contributed by atoms with van der Waals surface area (Å²) in [6, 6.07) is 28.3. The Bertz CT molecular complexity index is 1570. The lowest BCUT2D eigenvalue weighted by Crippen LogP contribution is -2.40. The molecule has 3 aromatic carbocycles. The molecule has 2 atom stereocenters. The predicted molar refractivity (Wildman–Crippen MR) is 184 cm³/mol. The van der Waals surface area contributed by atoms with Gasteiger partial charge in [0.25, 0.3) is 0 Å². The van der Waals surface area contributed by atoms with Gasteiger partial charge in [-0.3, -0.25) is 4.90 Å². The minimum Gasteiger partial charge on any atom is -0.466 e. The second-order valence-corrected chi connectivity index (χ2v) is 12.8. The number of nitrogens with zero attached hydrogens (tertiary/aromatic N) is 1. The quantitative estimate of drug-likeness (QED) is 0.172. The fraction of sp³-hybridized carbons (Fsp3) is 0.368. The number of carbonyl (C=O) groups excluding carboxylic acids is 2. The van der Waals surface area contributed by atoms with Crippen molar-refractivity contribution in [2.75, 3.05) is 46.5 Å². The van der Waals surface area contributed by atoms with Crippen molar-refractivity contribution < 1.29 is 23.8 Å². The van der Waals surface area contributed by atoms with Gasteiger partial charge in [0.05, 0.1) is 43.1 Å². The molecule has 0 aromatic heterocycles. The van der Waals surface area contributed by atoms with Crippen LogP contribution in [-0.4, -0.2) is 68.9 Å². The molecule has 1 fully saturated rings. The molecule has 0 radical (unpaired) electrons. The second-order valence-electron chi connectivity index (χ2n) is 12.4. The van der Waals surface area contributed by atoms with Crippen LogP contribution in [0.5, 0.6) is 0 Å². The number of rotatable bonds is 13. The number of allylic oxidation sites excluding steroid dienone is 1. The van der Waals surface area contributed by atoms with Gasteiger partial charge < -0.3 is 25.3 Å². The first kappa shape index (κ1) is 34.4. The number of dihydropyridines is 1. The third-order valence-corrected chi connectivity index (χ3v) is 9.33. The highest BCUT2D eigenvalue weighted by Gasteiger charge is 2.43. The number of ether oxygens (including phenoxy) is 3. The van der Waals surface area contributed by atoms with E-state index in [-0.39, 0.29) is 18.1 Å². The van der Waals surface area contributed by atoms with Crippen molar-refractivity contribution in [2.45, 2.75) is 44.1 Å². The first-order valence-electron chi connectivity index (χ1n) is 16.1. The molecule has 9 heteroatoms. The number of methoxy groups -OCH3 is 1. The Morgan fingerprint density at radius 2 is 1.62 bits per heavy atom. The molecule has 1 saturated heterocycles. The summed E-state index contributed by atoms with van der Waals surface area (Å²) in [4.78, 5) is 29.9. The Balaban J connectivity index is 1.39. The average Bonchev–Trinajstić information content (AvgIpc) is 3.45. The van der Waals surface area contributed by atoms with Gasteiger partial charge in [0.15, 0.2) is 0 Å². The summed E-state index contributed by atoms with van der Waals surface area (Å²) in [5.74, 6) is -1.65. The number of hydrogen-bond donors (Lipinski definition) is 2. The second kappa shape index (κ2) is 15.8. The van der Waals surface area contributed by atoms with Gasteiger partial charge in [0.1, 0.15) is 5.60 Å². The molecule has 2 heterocycles. The molecule has 0 unspecified atom stereocenters. The van der Waals surface area contributed by atoms with Crippen LogP contribution >= 0.6 is 11.6 Å². The van der Waals surface area contributed by atoms with Gasteiger partial charge in [0, 0.05) is 42.7 Å². The van der Waals surface area contributed by atoms with Crippen LogP contribution in [0, 0.1) is 0 Å². The molecular weight excluding hydrogens is 614 g/mol. The summed E-state index contributed by atoms with van der Waals surface area (Å²) in [7, 11) is 1.32. The highest BCUT2D eigenvalue weighted by atomic mass is 35.5. The molecule has 0 aliphatic carbocycles. The standard InChI is InChI=1S/C38H44ClN3O5/c1-26-33(36(43)45-3)34(30-16-10-11-17-31(30)39)35(32(41-26)24-46-23-20-40)37(44)47-38(2)19-22-42(25-38)21-18-29(27-12-6-4-7-13-27)28-14-8-5-9-15-28/h4-17,29,34,41H,18-25,40H2,1-3H3/t34-,38+/m1/s1. The van der Waals surface area contributed by atoms with E-state index < -0.39 is 23.5 Å². The van der Waals surface area contributed by atoms with E-state index in [0.29, 0.717) is 53.7 Å². The molecule has 2 aliphatic rings. The molecular formula is C38H44ClN3O5. The summed E-state index contributed by atoms with van der Waals surface area (Å²) in [5.41, 5.74) is 9.73. The maximum atomic E-state index is 14.4. The molecule has 5 rings (SSSR count). The zero-order chi connectivity index (χ0) is 33.4. The van der Waals surface area contributed by atoms with Gasteiger partial charge in [-0.15, -0.1) is 0 Å². The fourth-order valence-corrected chi connectivity index (χ4v) is 6.94. The lowest BCUT2D eigenvalue weighted by Gasteiger charge is -2.34. The molecule has 0 bridgehead atoms. The summed E-state index contributed by atoms with van der Waals surface area (Å²) in [6.07, 6.45) is 1.60. The number of likely N-dealkylation sites (tertiary alicyclic amines) is 1. The number of carbonyl (C=O) groups is 2. The zero-order valence-electron chi connectivity index (χ0n) is 27.3. The van der Waals surface area contributed by atoms with Gasteiger partial charge in [-0.05, 0) is 49.6 Å². The highest BCUT2D eigenvalue weighted by molar-refractivity contribution is 6.31. The van der Waals surface area contributed by atoms with Crippen LogP contribution in [0.25, 0.3) is 0 Å². The number of nitrogens with one attached hydrogen (secondary N) is 1. The Morgan fingerprint density at radius 1 is 0.979 bits per heavy atom. The van der Waals surface area contributed by atoms with E-state index in [2.05, 4.69) is 58.7 Å². The number of hydrogen-bond acceptors (Lipinski definition) is 8. The van der Waals surface area contributed by atoms with Gasteiger partial charge in [0.2, 0.25) is 0 Å². The Morgan fingerprint density at radius 3 is 2.23 bits per heavy atom. The molecule has 47 heavy (non-hydrogen) atoms. The predicted octanol–water partition coefficient (Wildman–Crippen LogP) is 5.93. The largest absolute Gasteiger partial charge is 0.466 e. The Labute approximate surface area is 282 Å². The van der Waals surface area contributed by atoms with Crippen molar-refractivity contribution in [3.8, 4) is 0 Å². The summed E-state index contributed by atoms with van der Waals surface area (Å²) < 4.78 is 17.4. The van der Waals surface area contributed by atoms with E-state index in [0.717, 1.165) is 19.5 Å². The van der Waals surface area contributed by atoms with Crippen molar-refractivity contribution in [1.29, 1.82) is 0 Å². The van der Waals surface area contributed by atoms with Crippen molar-refractivity contribution in [3.05, 3.63) is 129 Å². The number of halogens is 1. The minimum absolute atomic E-state index is 0.0809. The SMILES string of the molecule is COC(=O)C1=C(C)NC(COCCN)=C(C(=O)O[C@@]2(C)CCN(CCC(c3ccccc3)c3ccccc3)C2)[C@@H]1c1ccccc1Cl. The molecule has 0 saturated carbocycles. The normalized spacial score (nSPS) is 20.0. The van der Waals surface area contributed by atoms with Crippen LogP contribution in [-0.2, 0) is 23.8 Å². The third kappa shape index (κ3) is 8.14. The highest BCUT2D eigenvalue weighted by Crippen LogP contribution is 2.43. The van der Waals surface area contributed by atoms with Crippen LogP contribution in [0.3, 0.4) is 0 Å². The Hall–Kier alpha value is -3.95. The van der Waals surface area contributed by atoms with Gasteiger partial charge in [-0.25, -0.2) is 9.59 Å². The summed E-state index contributed by atoms with van der Waals surface area (Å²) in [5, 5.41) is 3.66. The minimum atomic E-state index is -0.819. The Kier molecular flexibility index (Phi) is 11.5. The maximum absolute atomic E-state index is 14.4. The number of esters is 2. The summed E-state index contributed by atoms with van der Waals surface area (Å²) >= 11 is 6.70. The van der Waals surface area contributed by atoms with Crippen molar-refractivity contribution in [2.24, 2.45) is 5.73 Å². The molecule has 2 aliphatic heterocycles. The van der Waals surface area contributed by atoms with Crippen LogP contribution < -0.4 is 11.1 Å². The molecule has 3 aromatic rings. The fourth-order valence-electron chi connectivity index (χ4n) is 6.70. The van der Waals surface area contributed by atoms with Crippen molar-refractivity contribution >= 4 is 23.5 Å². The van der Waals surface area contributed by atoms with Crippen LogP contribution in [0.2, 0.25) is 5.02 Å². The monoisotopic (exact) mass is 657 g/mol. The maximum Gasteiger partial charge on any atom is 0.337 e. The third-order valence-electron chi connectivity index (χ3n) is 8.99. The molecule has 248 valence electrons. The van der Waals surface area contributed by atoms with Gasteiger partial charge in [-0.2, -0.15) is 0 Å². The van der Waals surface area contributed by atoms with E-state index in [4.69, 9.17) is 31.5 Å². The van der Waals surface area contributed by atoms with E-state index >= 15 is 0 Å². The van der Waals surface area contributed by atoms with Crippen LogP contribution in [0.4, 0.5) is 0 Å². The number of benzene rings is 3. The van der Waals surface area contributed by atoms with E-state index in [1.165, 1.54) is 18.2 Å². The molecule has 3 N–H and O–H groups in total. The summed E-state index contributed by atoms with van der Waals surface area (Å²) in [6.45, 7) is 6.69. The first-order valence-corrected chi connectivity index (χ1v) is 16.5. The first-order chi connectivity index (χ1) is 22.7. The zero-order valence-corrected chi connectivity index (χ0v) is 28.1. The smallest absolute Gasteiger partial charge is 0.337 e. The van der Waals surface area contributed by atoms with Gasteiger partial charge >= 0.3 is 11.9 Å². The number of nitrogens with two attached hydrogens (primary N) is 1. The van der Waals surface area contributed by atoms with E-state index in [1.54, 1.807) is 13.0 Å². The van der Waals surface area contributed by atoms with Crippen molar-refractivity contribution in [1.82, 2.24) is 10.2 Å². The topological polar surface area (TPSA) is 103 Å². The molecule has 0 amide bonds. The average molecular weight is 658 g/mol. The van der Waals surface area contributed by atoms with Crippen LogP contribution in [0.15, 0.2) is 107 Å².